The molecule has 1 amide bonds. The van der Waals surface area contributed by atoms with E-state index in [1.807, 2.05) is 0 Å². The van der Waals surface area contributed by atoms with Gasteiger partial charge in [-0.2, -0.15) is 0 Å². The van der Waals surface area contributed by atoms with Gasteiger partial charge in [-0.15, -0.1) is 0 Å². The molecule has 0 saturated heterocycles. The summed E-state index contributed by atoms with van der Waals surface area (Å²) in [5.74, 6) is 0.0142. The number of hydrogen-bond donors (Lipinski definition) is 2. The van der Waals surface area contributed by atoms with E-state index in [2.05, 4.69) is 10.3 Å². The molecule has 2 N–H and O–H groups in total. The largest absolute Gasteiger partial charge is 0.353 e. The average Bonchev–Trinajstić information content (AvgIpc) is 2.70. The van der Waals surface area contributed by atoms with Gasteiger partial charge in [-0.1, -0.05) is 43.5 Å². The molecule has 1 aliphatic rings. The van der Waals surface area contributed by atoms with Gasteiger partial charge < -0.3 is 10.3 Å². The molecule has 1 aliphatic carbocycles. The predicted molar refractivity (Wildman–Crippen MR) is 109 cm³/mol. The Morgan fingerprint density at radius 3 is 2.46 bits per heavy atom. The molecule has 0 bridgehead atoms. The van der Waals surface area contributed by atoms with E-state index in [9.17, 15) is 14.4 Å². The summed E-state index contributed by atoms with van der Waals surface area (Å²) in [6.07, 6.45) is 6.00. The molecule has 28 heavy (non-hydrogen) atoms. The van der Waals surface area contributed by atoms with Crippen LogP contribution in [0.25, 0.3) is 16.6 Å². The van der Waals surface area contributed by atoms with Crippen molar-refractivity contribution in [3.8, 4) is 5.69 Å². The number of H-pyrrole nitrogens is 1. The lowest BCUT2D eigenvalue weighted by molar-refractivity contribution is -0.121. The van der Waals surface area contributed by atoms with E-state index in [1.54, 1.807) is 48.5 Å². The molecule has 0 aliphatic heterocycles. The van der Waals surface area contributed by atoms with Crippen LogP contribution in [0.3, 0.4) is 0 Å². The van der Waals surface area contributed by atoms with Crippen molar-refractivity contribution in [2.45, 2.75) is 44.6 Å². The van der Waals surface area contributed by atoms with Crippen molar-refractivity contribution < 1.29 is 4.79 Å². The van der Waals surface area contributed by atoms with Crippen LogP contribution >= 0.6 is 0 Å². The van der Waals surface area contributed by atoms with Crippen LogP contribution in [0.15, 0.2) is 58.1 Å². The van der Waals surface area contributed by atoms with Crippen LogP contribution in [0.2, 0.25) is 0 Å². The molecule has 6 heteroatoms. The minimum Gasteiger partial charge on any atom is -0.353 e. The molecule has 6 nitrogen and oxygen atoms in total. The van der Waals surface area contributed by atoms with Crippen LogP contribution in [-0.4, -0.2) is 21.5 Å². The van der Waals surface area contributed by atoms with Crippen LogP contribution in [-0.2, 0) is 11.2 Å². The maximum Gasteiger partial charge on any atom is 0.333 e. The molecular weight excluding hydrogens is 354 g/mol. The SMILES string of the molecule is O=C(Cc1ccc(-n2c(=O)[nH]c3ccccc3c2=O)cc1)NC1CCCCC1. The molecule has 1 heterocycles. The molecule has 0 unspecified atom stereocenters. The Hall–Kier alpha value is -3.15. The standard InChI is InChI=1S/C22H23N3O3/c26-20(23-16-6-2-1-3-7-16)14-15-10-12-17(13-11-15)25-21(27)18-8-4-5-9-19(18)24-22(25)28/h4-5,8-13,16H,1-3,6-7,14H2,(H,23,26)(H,24,28). The summed E-state index contributed by atoms with van der Waals surface area (Å²) in [6, 6.07) is 14.2. The Balaban J connectivity index is 1.53. The molecule has 3 aromatic rings. The highest BCUT2D eigenvalue weighted by molar-refractivity contribution is 5.79. The van der Waals surface area contributed by atoms with E-state index in [-0.39, 0.29) is 17.5 Å². The first-order chi connectivity index (χ1) is 13.6. The van der Waals surface area contributed by atoms with Gasteiger partial charge in [0.25, 0.3) is 5.56 Å². The predicted octanol–water partition coefficient (Wildman–Crippen LogP) is 2.67. The van der Waals surface area contributed by atoms with Gasteiger partial charge in [-0.05, 0) is 42.7 Å². The number of benzene rings is 2. The van der Waals surface area contributed by atoms with Crippen molar-refractivity contribution >= 4 is 16.8 Å². The maximum absolute atomic E-state index is 12.7. The zero-order valence-electron chi connectivity index (χ0n) is 15.6. The number of hydrogen-bond acceptors (Lipinski definition) is 3. The van der Waals surface area contributed by atoms with Crippen LogP contribution in [0.5, 0.6) is 0 Å². The first-order valence-corrected chi connectivity index (χ1v) is 9.74. The zero-order chi connectivity index (χ0) is 19.5. The number of carbonyl (C=O) groups is 1. The highest BCUT2D eigenvalue weighted by Crippen LogP contribution is 2.17. The van der Waals surface area contributed by atoms with Crippen LogP contribution < -0.4 is 16.6 Å². The van der Waals surface area contributed by atoms with E-state index in [4.69, 9.17) is 0 Å². The number of aromatic amines is 1. The molecule has 144 valence electrons. The van der Waals surface area contributed by atoms with Gasteiger partial charge >= 0.3 is 5.69 Å². The van der Waals surface area contributed by atoms with E-state index in [0.717, 1.165) is 23.0 Å². The van der Waals surface area contributed by atoms with Gasteiger partial charge in [-0.25, -0.2) is 9.36 Å². The third kappa shape index (κ3) is 3.76. The van der Waals surface area contributed by atoms with Crippen molar-refractivity contribution in [2.75, 3.05) is 0 Å². The van der Waals surface area contributed by atoms with Gasteiger partial charge in [0.2, 0.25) is 5.91 Å². The van der Waals surface area contributed by atoms with Gasteiger partial charge in [0, 0.05) is 6.04 Å². The Kier molecular flexibility index (Phi) is 5.10. The number of fused-ring (bicyclic) bond motifs is 1. The fourth-order valence-electron chi connectivity index (χ4n) is 3.87. The maximum atomic E-state index is 12.7. The van der Waals surface area contributed by atoms with Crippen molar-refractivity contribution in [3.63, 3.8) is 0 Å². The Morgan fingerprint density at radius 2 is 1.71 bits per heavy atom. The normalized spacial score (nSPS) is 14.9. The molecule has 1 fully saturated rings. The van der Waals surface area contributed by atoms with Crippen LogP contribution in [0.1, 0.15) is 37.7 Å². The highest BCUT2D eigenvalue weighted by Gasteiger charge is 2.16. The second kappa shape index (κ2) is 7.84. The van der Waals surface area contributed by atoms with E-state index in [0.29, 0.717) is 23.0 Å². The number of nitrogens with zero attached hydrogens (tertiary/aromatic N) is 1. The van der Waals surface area contributed by atoms with E-state index < -0.39 is 5.69 Å². The van der Waals surface area contributed by atoms with Gasteiger partial charge in [0.15, 0.2) is 0 Å². The first-order valence-electron chi connectivity index (χ1n) is 9.74. The minimum absolute atomic E-state index is 0.0142. The van der Waals surface area contributed by atoms with Crippen molar-refractivity contribution in [2.24, 2.45) is 0 Å². The second-order valence-corrected chi connectivity index (χ2v) is 7.36. The molecule has 1 saturated carbocycles. The highest BCUT2D eigenvalue weighted by atomic mass is 16.2. The molecule has 0 atom stereocenters. The fraction of sp³-hybridized carbons (Fsp3) is 0.318. The minimum atomic E-state index is -0.480. The number of rotatable bonds is 4. The Morgan fingerprint density at radius 1 is 1.00 bits per heavy atom. The quantitative estimate of drug-likeness (QED) is 0.733. The fourth-order valence-corrected chi connectivity index (χ4v) is 3.87. The number of amides is 1. The third-order valence-corrected chi connectivity index (χ3v) is 5.33. The molecular formula is C22H23N3O3. The molecule has 2 aromatic carbocycles. The second-order valence-electron chi connectivity index (χ2n) is 7.36. The molecule has 0 radical (unpaired) electrons. The van der Waals surface area contributed by atoms with Gasteiger partial charge in [-0.3, -0.25) is 9.59 Å². The summed E-state index contributed by atoms with van der Waals surface area (Å²) in [4.78, 5) is 40.1. The number of aromatic nitrogens is 2. The average molecular weight is 377 g/mol. The number of nitrogens with one attached hydrogen (secondary N) is 2. The lowest BCUT2D eigenvalue weighted by Gasteiger charge is -2.22. The topological polar surface area (TPSA) is 84.0 Å². The number of carbonyl (C=O) groups excluding carboxylic acids is 1. The Bertz CT molecular complexity index is 1110. The van der Waals surface area contributed by atoms with Gasteiger partial charge in [0.05, 0.1) is 23.0 Å². The summed E-state index contributed by atoms with van der Waals surface area (Å²) in [6.45, 7) is 0. The zero-order valence-corrected chi connectivity index (χ0v) is 15.6. The summed E-state index contributed by atoms with van der Waals surface area (Å²) >= 11 is 0. The summed E-state index contributed by atoms with van der Waals surface area (Å²) in [7, 11) is 0. The lowest BCUT2D eigenvalue weighted by atomic mass is 9.95. The van der Waals surface area contributed by atoms with E-state index >= 15 is 0 Å². The number of para-hydroxylation sites is 1. The first kappa shape index (κ1) is 18.2. The van der Waals surface area contributed by atoms with Crippen LogP contribution in [0.4, 0.5) is 0 Å². The van der Waals surface area contributed by atoms with Crippen molar-refractivity contribution in [3.05, 3.63) is 74.9 Å². The van der Waals surface area contributed by atoms with Crippen molar-refractivity contribution in [1.29, 1.82) is 0 Å². The van der Waals surface area contributed by atoms with Crippen molar-refractivity contribution in [1.82, 2.24) is 14.9 Å². The summed E-state index contributed by atoms with van der Waals surface area (Å²) in [5.41, 5.74) is 1.01. The summed E-state index contributed by atoms with van der Waals surface area (Å²) in [5, 5.41) is 3.56. The summed E-state index contributed by atoms with van der Waals surface area (Å²) < 4.78 is 1.12. The van der Waals surface area contributed by atoms with Gasteiger partial charge in [0.1, 0.15) is 0 Å². The third-order valence-electron chi connectivity index (χ3n) is 5.33. The smallest absolute Gasteiger partial charge is 0.333 e. The monoisotopic (exact) mass is 377 g/mol. The molecule has 1 aromatic heterocycles. The molecule has 0 spiro atoms. The molecule has 4 rings (SSSR count). The van der Waals surface area contributed by atoms with E-state index in [1.165, 1.54) is 19.3 Å². The van der Waals surface area contributed by atoms with Crippen LogP contribution in [0, 0.1) is 0 Å². The lowest BCUT2D eigenvalue weighted by Crippen LogP contribution is -2.37. The Labute approximate surface area is 162 Å².